The largest absolute Gasteiger partial charge is 0.497 e. The Balaban J connectivity index is 1.61. The molecule has 0 spiro atoms. The van der Waals surface area contributed by atoms with Crippen molar-refractivity contribution in [3.63, 3.8) is 0 Å². The summed E-state index contributed by atoms with van der Waals surface area (Å²) in [6, 6.07) is 4.88. The maximum atomic E-state index is 13.5. The fraction of sp³-hybridized carbons (Fsp3) is 0.381. The molecule has 2 atom stereocenters. The maximum absolute atomic E-state index is 13.5. The Hall–Kier alpha value is -3.30. The van der Waals surface area contributed by atoms with Crippen LogP contribution in [0.2, 0.25) is 0 Å². The standard InChI is InChI=1S/C21H21F3N4O3/c1-12-14-11-13(30-2)7-8-15(14)26-20(25-12)28-9-3-5-16(28)19(29)27-18(21(22,23)24)17-6-4-10-31-17/h4,6-8,10-11,16,18H,3,5,9H2,1-2H3,(H,27,29). The summed E-state index contributed by atoms with van der Waals surface area (Å²) in [5, 5.41) is 2.90. The van der Waals surface area contributed by atoms with Crippen LogP contribution in [0, 0.1) is 6.92 Å². The first-order valence-corrected chi connectivity index (χ1v) is 9.77. The molecule has 1 aliphatic rings. The number of hydrogen-bond donors (Lipinski definition) is 1. The number of methoxy groups -OCH3 is 1. The molecule has 10 heteroatoms. The second-order valence-corrected chi connectivity index (χ2v) is 7.34. The number of halogens is 3. The summed E-state index contributed by atoms with van der Waals surface area (Å²) in [6.45, 7) is 2.28. The highest BCUT2D eigenvalue weighted by atomic mass is 19.4. The molecule has 7 nitrogen and oxygen atoms in total. The maximum Gasteiger partial charge on any atom is 0.415 e. The minimum atomic E-state index is -4.69. The first-order chi connectivity index (χ1) is 14.8. The molecule has 3 aromatic rings. The molecule has 0 radical (unpaired) electrons. The fourth-order valence-corrected chi connectivity index (χ4v) is 3.79. The van der Waals surface area contributed by atoms with Crippen LogP contribution in [0.5, 0.6) is 5.75 Å². The SMILES string of the molecule is COc1ccc2nc(N3CCCC3C(=O)NC(c3ccco3)C(F)(F)F)nc(C)c2c1. The Morgan fingerprint density at radius 3 is 2.81 bits per heavy atom. The minimum Gasteiger partial charge on any atom is -0.497 e. The highest BCUT2D eigenvalue weighted by molar-refractivity contribution is 5.87. The summed E-state index contributed by atoms with van der Waals surface area (Å²) in [5.41, 5.74) is 1.35. The number of carbonyl (C=O) groups excluding carboxylic acids is 1. The third-order valence-corrected chi connectivity index (χ3v) is 5.34. The average Bonchev–Trinajstić information content (AvgIpc) is 3.42. The van der Waals surface area contributed by atoms with Crippen LogP contribution in [0.4, 0.5) is 19.1 Å². The van der Waals surface area contributed by atoms with E-state index in [1.807, 2.05) is 13.0 Å². The number of nitrogens with one attached hydrogen (secondary N) is 1. The molecule has 2 aromatic heterocycles. The number of hydrogen-bond acceptors (Lipinski definition) is 6. The van der Waals surface area contributed by atoms with E-state index in [0.29, 0.717) is 42.3 Å². The number of benzene rings is 1. The molecule has 1 fully saturated rings. The van der Waals surface area contributed by atoms with Crippen LogP contribution < -0.4 is 15.0 Å². The van der Waals surface area contributed by atoms with Crippen molar-refractivity contribution in [2.45, 2.75) is 38.0 Å². The number of fused-ring (bicyclic) bond motifs is 1. The lowest BCUT2D eigenvalue weighted by Crippen LogP contribution is -2.48. The van der Waals surface area contributed by atoms with Crippen molar-refractivity contribution in [1.29, 1.82) is 0 Å². The summed E-state index contributed by atoms with van der Waals surface area (Å²) in [4.78, 5) is 23.6. The van der Waals surface area contributed by atoms with Crippen molar-refractivity contribution in [2.24, 2.45) is 0 Å². The van der Waals surface area contributed by atoms with Crippen molar-refractivity contribution in [3.05, 3.63) is 48.0 Å². The van der Waals surface area contributed by atoms with Crippen LogP contribution in [0.3, 0.4) is 0 Å². The van der Waals surface area contributed by atoms with Gasteiger partial charge in [-0.1, -0.05) is 0 Å². The van der Waals surface area contributed by atoms with Crippen molar-refractivity contribution < 1.29 is 27.1 Å². The van der Waals surface area contributed by atoms with E-state index in [1.54, 1.807) is 24.1 Å². The normalized spacial score (nSPS) is 17.7. The van der Waals surface area contributed by atoms with Gasteiger partial charge in [0.05, 0.1) is 24.6 Å². The molecule has 1 aromatic carbocycles. The van der Waals surface area contributed by atoms with E-state index in [0.717, 1.165) is 11.6 Å². The number of rotatable bonds is 5. The lowest BCUT2D eigenvalue weighted by Gasteiger charge is -2.27. The number of ether oxygens (including phenoxy) is 1. The van der Waals surface area contributed by atoms with Crippen LogP contribution in [0.1, 0.15) is 30.3 Å². The first kappa shape index (κ1) is 21.0. The van der Waals surface area contributed by atoms with Gasteiger partial charge in [-0.3, -0.25) is 4.79 Å². The molecule has 0 aliphatic carbocycles. The van der Waals surface area contributed by atoms with E-state index in [1.165, 1.54) is 12.1 Å². The monoisotopic (exact) mass is 434 g/mol. The highest BCUT2D eigenvalue weighted by Crippen LogP contribution is 2.34. The number of alkyl halides is 3. The van der Waals surface area contributed by atoms with Gasteiger partial charge < -0.3 is 19.4 Å². The molecule has 0 saturated carbocycles. The predicted octanol–water partition coefficient (Wildman–Crippen LogP) is 3.93. The molecular weight excluding hydrogens is 413 g/mol. The van der Waals surface area contributed by atoms with Gasteiger partial charge >= 0.3 is 6.18 Å². The van der Waals surface area contributed by atoms with Crippen LogP contribution >= 0.6 is 0 Å². The van der Waals surface area contributed by atoms with Crippen LogP contribution in [-0.2, 0) is 4.79 Å². The zero-order valence-corrected chi connectivity index (χ0v) is 16.9. The number of nitrogens with zero attached hydrogens (tertiary/aromatic N) is 3. The third kappa shape index (κ3) is 4.14. The molecular formula is C21H21F3N4O3. The van der Waals surface area contributed by atoms with Crippen molar-refractivity contribution >= 4 is 22.8 Å². The van der Waals surface area contributed by atoms with Gasteiger partial charge in [0.25, 0.3) is 0 Å². The van der Waals surface area contributed by atoms with Gasteiger partial charge in [0.1, 0.15) is 17.6 Å². The molecule has 164 valence electrons. The molecule has 1 amide bonds. The molecule has 3 heterocycles. The van der Waals surface area contributed by atoms with Gasteiger partial charge in [-0.2, -0.15) is 13.2 Å². The number of anilines is 1. The smallest absolute Gasteiger partial charge is 0.415 e. The van der Waals surface area contributed by atoms with Crippen LogP contribution in [0.25, 0.3) is 10.9 Å². The van der Waals surface area contributed by atoms with Gasteiger partial charge in [0.15, 0.2) is 6.04 Å². The number of aryl methyl sites for hydroxylation is 1. The number of carbonyl (C=O) groups is 1. The number of amides is 1. The molecule has 0 bridgehead atoms. The zero-order valence-electron chi connectivity index (χ0n) is 16.9. The lowest BCUT2D eigenvalue weighted by atomic mass is 10.1. The van der Waals surface area contributed by atoms with E-state index in [-0.39, 0.29) is 5.76 Å². The van der Waals surface area contributed by atoms with Gasteiger partial charge in [-0.15, -0.1) is 0 Å². The van der Waals surface area contributed by atoms with Crippen LogP contribution in [-0.4, -0.2) is 41.7 Å². The van der Waals surface area contributed by atoms with Crippen molar-refractivity contribution in [1.82, 2.24) is 15.3 Å². The summed E-state index contributed by atoms with van der Waals surface area (Å²) in [6.07, 6.45) is -2.51. The zero-order chi connectivity index (χ0) is 22.2. The fourth-order valence-electron chi connectivity index (χ4n) is 3.79. The van der Waals surface area contributed by atoms with E-state index in [2.05, 4.69) is 15.3 Å². The van der Waals surface area contributed by atoms with Crippen molar-refractivity contribution in [2.75, 3.05) is 18.6 Å². The summed E-state index contributed by atoms with van der Waals surface area (Å²) in [7, 11) is 1.57. The Kier molecular flexibility index (Phi) is 5.47. The Morgan fingerprint density at radius 2 is 2.13 bits per heavy atom. The highest BCUT2D eigenvalue weighted by Gasteiger charge is 2.45. The van der Waals surface area contributed by atoms with E-state index < -0.39 is 24.2 Å². The van der Waals surface area contributed by atoms with E-state index >= 15 is 0 Å². The minimum absolute atomic E-state index is 0.314. The Morgan fingerprint density at radius 1 is 1.32 bits per heavy atom. The van der Waals surface area contributed by atoms with E-state index in [9.17, 15) is 18.0 Å². The molecule has 1 saturated heterocycles. The third-order valence-electron chi connectivity index (χ3n) is 5.34. The van der Waals surface area contributed by atoms with Gasteiger partial charge in [0, 0.05) is 11.9 Å². The Bertz CT molecular complexity index is 1090. The molecule has 1 N–H and O–H groups in total. The molecule has 4 rings (SSSR count). The summed E-state index contributed by atoms with van der Waals surface area (Å²) < 4.78 is 50.7. The van der Waals surface area contributed by atoms with Gasteiger partial charge in [0.2, 0.25) is 11.9 Å². The van der Waals surface area contributed by atoms with E-state index in [4.69, 9.17) is 9.15 Å². The van der Waals surface area contributed by atoms with Crippen LogP contribution in [0.15, 0.2) is 41.0 Å². The summed E-state index contributed by atoms with van der Waals surface area (Å²) in [5.74, 6) is -0.125. The quantitative estimate of drug-likeness (QED) is 0.656. The van der Waals surface area contributed by atoms with Gasteiger partial charge in [-0.25, -0.2) is 9.97 Å². The molecule has 2 unspecified atom stereocenters. The average molecular weight is 434 g/mol. The summed E-state index contributed by atoms with van der Waals surface area (Å²) >= 11 is 0. The molecule has 31 heavy (non-hydrogen) atoms. The second kappa shape index (κ2) is 8.09. The van der Waals surface area contributed by atoms with Gasteiger partial charge in [-0.05, 0) is 50.1 Å². The lowest BCUT2D eigenvalue weighted by molar-refractivity contribution is -0.167. The Labute approximate surface area is 176 Å². The number of aromatic nitrogens is 2. The topological polar surface area (TPSA) is 80.5 Å². The first-order valence-electron chi connectivity index (χ1n) is 9.77. The predicted molar refractivity (Wildman–Crippen MR) is 107 cm³/mol. The van der Waals surface area contributed by atoms with Crippen molar-refractivity contribution in [3.8, 4) is 5.75 Å². The second-order valence-electron chi connectivity index (χ2n) is 7.34. The molecule has 1 aliphatic heterocycles. The number of furan rings is 1.